The molecule has 2 nitrogen and oxygen atoms in total. The van der Waals surface area contributed by atoms with E-state index in [4.69, 9.17) is 5.84 Å². The molecule has 4 atom stereocenters. The van der Waals surface area contributed by atoms with Crippen LogP contribution < -0.4 is 11.3 Å². The summed E-state index contributed by atoms with van der Waals surface area (Å²) in [5.41, 5.74) is 3.18. The van der Waals surface area contributed by atoms with E-state index in [1.807, 2.05) is 0 Å². The van der Waals surface area contributed by atoms with Crippen molar-refractivity contribution in [1.29, 1.82) is 0 Å². The number of nitrogens with two attached hydrogens (primary N) is 1. The molecule has 0 aromatic carbocycles. The summed E-state index contributed by atoms with van der Waals surface area (Å²) in [7, 11) is 0. The third-order valence-corrected chi connectivity index (χ3v) is 5.50. The lowest BCUT2D eigenvalue weighted by molar-refractivity contribution is 0.124. The molecular weight excluding hydrogens is 208 g/mol. The predicted octanol–water partition coefficient (Wildman–Crippen LogP) is 3.47. The fourth-order valence-electron chi connectivity index (χ4n) is 4.07. The van der Waals surface area contributed by atoms with Crippen molar-refractivity contribution in [2.45, 2.75) is 71.3 Å². The lowest BCUT2D eigenvalue weighted by atomic mass is 9.69. The largest absolute Gasteiger partial charge is 0.271 e. The molecule has 0 radical (unpaired) electrons. The van der Waals surface area contributed by atoms with Gasteiger partial charge in [-0.15, -0.1) is 0 Å². The van der Waals surface area contributed by atoms with Gasteiger partial charge in [0.15, 0.2) is 0 Å². The minimum Gasteiger partial charge on any atom is -0.271 e. The molecule has 0 heterocycles. The van der Waals surface area contributed by atoms with E-state index in [-0.39, 0.29) is 0 Å². The lowest BCUT2D eigenvalue weighted by Crippen LogP contribution is -2.48. The van der Waals surface area contributed by atoms with E-state index in [2.05, 4.69) is 19.3 Å². The summed E-state index contributed by atoms with van der Waals surface area (Å²) < 4.78 is 0. The van der Waals surface area contributed by atoms with Crippen LogP contribution >= 0.6 is 0 Å². The molecule has 2 heteroatoms. The van der Waals surface area contributed by atoms with Crippen LogP contribution in [0.1, 0.15) is 65.2 Å². The number of rotatable bonds is 3. The van der Waals surface area contributed by atoms with Crippen molar-refractivity contribution < 1.29 is 0 Å². The van der Waals surface area contributed by atoms with Crippen molar-refractivity contribution in [2.75, 3.05) is 0 Å². The first-order valence-corrected chi connectivity index (χ1v) is 7.68. The van der Waals surface area contributed by atoms with Gasteiger partial charge in [-0.25, -0.2) is 0 Å². The number of hydrogen-bond donors (Lipinski definition) is 2. The Morgan fingerprint density at radius 2 is 1.59 bits per heavy atom. The first-order chi connectivity index (χ1) is 8.22. The first-order valence-electron chi connectivity index (χ1n) is 7.68. The Bertz CT molecular complexity index is 223. The van der Waals surface area contributed by atoms with Gasteiger partial charge in [0.05, 0.1) is 0 Å². The van der Waals surface area contributed by atoms with Crippen LogP contribution in [0.25, 0.3) is 0 Å². The smallest absolute Gasteiger partial charge is 0.0267 e. The molecule has 4 unspecified atom stereocenters. The van der Waals surface area contributed by atoms with Crippen molar-refractivity contribution in [2.24, 2.45) is 29.5 Å². The zero-order valence-electron chi connectivity index (χ0n) is 11.6. The van der Waals surface area contributed by atoms with E-state index in [1.165, 1.54) is 51.4 Å². The van der Waals surface area contributed by atoms with Gasteiger partial charge in [0.1, 0.15) is 0 Å². The molecule has 0 amide bonds. The molecule has 0 bridgehead atoms. The molecule has 2 rings (SSSR count). The molecule has 0 spiro atoms. The topological polar surface area (TPSA) is 38.0 Å². The number of hydrogen-bond acceptors (Lipinski definition) is 2. The van der Waals surface area contributed by atoms with Gasteiger partial charge in [0, 0.05) is 6.04 Å². The van der Waals surface area contributed by atoms with E-state index in [0.717, 1.165) is 23.7 Å². The van der Waals surface area contributed by atoms with Crippen LogP contribution in [0.3, 0.4) is 0 Å². The van der Waals surface area contributed by atoms with E-state index >= 15 is 0 Å². The summed E-state index contributed by atoms with van der Waals surface area (Å²) in [6.07, 6.45) is 11.2. The Kier molecular flexibility index (Phi) is 4.87. The van der Waals surface area contributed by atoms with Crippen LogP contribution in [0.5, 0.6) is 0 Å². The number of hydrazine groups is 1. The standard InChI is InChI=1S/C15H30N2/c1-11-8-9-14(10-12(11)2)15(17-16)13-6-4-3-5-7-13/h11-15,17H,3-10,16H2,1-2H3. The molecule has 2 aliphatic carbocycles. The Balaban J connectivity index is 1.93. The van der Waals surface area contributed by atoms with Gasteiger partial charge in [0.25, 0.3) is 0 Å². The van der Waals surface area contributed by atoms with Crippen LogP contribution in [0, 0.1) is 23.7 Å². The molecule has 0 aliphatic heterocycles. The van der Waals surface area contributed by atoms with Gasteiger partial charge < -0.3 is 0 Å². The third-order valence-electron chi connectivity index (χ3n) is 5.50. The maximum absolute atomic E-state index is 5.86. The Morgan fingerprint density at radius 3 is 2.18 bits per heavy atom. The molecule has 2 saturated carbocycles. The normalized spacial score (nSPS) is 37.9. The van der Waals surface area contributed by atoms with Crippen LogP contribution in [-0.2, 0) is 0 Å². The molecule has 3 N–H and O–H groups in total. The minimum absolute atomic E-state index is 0.588. The van der Waals surface area contributed by atoms with Gasteiger partial charge in [-0.2, -0.15) is 0 Å². The molecule has 100 valence electrons. The fraction of sp³-hybridized carbons (Fsp3) is 1.00. The summed E-state index contributed by atoms with van der Waals surface area (Å²) in [4.78, 5) is 0. The maximum Gasteiger partial charge on any atom is 0.0267 e. The van der Waals surface area contributed by atoms with Gasteiger partial charge >= 0.3 is 0 Å². The van der Waals surface area contributed by atoms with Crippen LogP contribution in [0.4, 0.5) is 0 Å². The minimum atomic E-state index is 0.588. The quantitative estimate of drug-likeness (QED) is 0.583. The van der Waals surface area contributed by atoms with E-state index in [0.29, 0.717) is 6.04 Å². The average molecular weight is 238 g/mol. The second-order valence-electron chi connectivity index (χ2n) is 6.62. The Morgan fingerprint density at radius 1 is 0.882 bits per heavy atom. The number of nitrogens with one attached hydrogen (secondary N) is 1. The third kappa shape index (κ3) is 3.23. The predicted molar refractivity (Wildman–Crippen MR) is 73.4 cm³/mol. The highest BCUT2D eigenvalue weighted by atomic mass is 15.2. The van der Waals surface area contributed by atoms with Gasteiger partial charge in [-0.05, 0) is 49.4 Å². The molecule has 17 heavy (non-hydrogen) atoms. The van der Waals surface area contributed by atoms with Crippen LogP contribution in [0.15, 0.2) is 0 Å². The summed E-state index contributed by atoms with van der Waals surface area (Å²) in [6.45, 7) is 4.83. The molecule has 2 fully saturated rings. The SMILES string of the molecule is CC1CCC(C(NN)C2CCCCC2)CC1C. The Hall–Kier alpha value is -0.0800. The van der Waals surface area contributed by atoms with Gasteiger partial charge in [-0.3, -0.25) is 11.3 Å². The van der Waals surface area contributed by atoms with E-state index < -0.39 is 0 Å². The van der Waals surface area contributed by atoms with E-state index in [1.54, 1.807) is 0 Å². The highest BCUT2D eigenvalue weighted by Gasteiger charge is 2.34. The summed E-state index contributed by atoms with van der Waals surface area (Å²) in [5, 5.41) is 0. The Labute approximate surface area is 107 Å². The van der Waals surface area contributed by atoms with Crippen molar-refractivity contribution >= 4 is 0 Å². The second-order valence-corrected chi connectivity index (χ2v) is 6.62. The van der Waals surface area contributed by atoms with Crippen LogP contribution in [-0.4, -0.2) is 6.04 Å². The summed E-state index contributed by atoms with van der Waals surface area (Å²) in [5.74, 6) is 9.33. The summed E-state index contributed by atoms with van der Waals surface area (Å²) >= 11 is 0. The van der Waals surface area contributed by atoms with Crippen molar-refractivity contribution in [1.82, 2.24) is 5.43 Å². The molecule has 0 aromatic rings. The maximum atomic E-state index is 5.86. The second kappa shape index (κ2) is 6.19. The van der Waals surface area contributed by atoms with Crippen molar-refractivity contribution in [3.05, 3.63) is 0 Å². The lowest BCUT2D eigenvalue weighted by Gasteiger charge is -2.40. The zero-order chi connectivity index (χ0) is 12.3. The van der Waals surface area contributed by atoms with Crippen molar-refractivity contribution in [3.8, 4) is 0 Å². The fourth-order valence-corrected chi connectivity index (χ4v) is 4.07. The van der Waals surface area contributed by atoms with Crippen molar-refractivity contribution in [3.63, 3.8) is 0 Å². The summed E-state index contributed by atoms with van der Waals surface area (Å²) in [6, 6.07) is 0.588. The monoisotopic (exact) mass is 238 g/mol. The highest BCUT2D eigenvalue weighted by Crippen LogP contribution is 2.39. The van der Waals surface area contributed by atoms with Gasteiger partial charge in [-0.1, -0.05) is 39.5 Å². The molecular formula is C15H30N2. The first kappa shape index (κ1) is 13.4. The molecule has 2 aliphatic rings. The van der Waals surface area contributed by atoms with Crippen LogP contribution in [0.2, 0.25) is 0 Å². The molecule has 0 saturated heterocycles. The molecule has 0 aromatic heterocycles. The van der Waals surface area contributed by atoms with E-state index in [9.17, 15) is 0 Å². The highest BCUT2D eigenvalue weighted by molar-refractivity contribution is 4.88. The zero-order valence-corrected chi connectivity index (χ0v) is 11.6. The average Bonchev–Trinajstić information content (AvgIpc) is 2.36. The van der Waals surface area contributed by atoms with Gasteiger partial charge in [0.2, 0.25) is 0 Å².